The maximum absolute atomic E-state index is 11.5. The molecule has 2 aliphatic heterocycles. The van der Waals surface area contributed by atoms with E-state index in [9.17, 15) is 4.91 Å². The summed E-state index contributed by atoms with van der Waals surface area (Å²) < 4.78 is 0.810. The molecule has 0 aliphatic carbocycles. The number of rotatable bonds is 1. The van der Waals surface area contributed by atoms with Crippen molar-refractivity contribution in [2.75, 3.05) is 7.11 Å². The van der Waals surface area contributed by atoms with Gasteiger partial charge in [-0.1, -0.05) is 6.08 Å². The fraction of sp³-hybridized carbons (Fsp3) is 0.0909. The predicted molar refractivity (Wildman–Crippen MR) is 56.1 cm³/mol. The van der Waals surface area contributed by atoms with Crippen LogP contribution in [0.15, 0.2) is 60.3 Å². The highest BCUT2D eigenvalue weighted by Gasteiger charge is 2.23. The first-order valence-electron chi connectivity index (χ1n) is 4.56. The summed E-state index contributed by atoms with van der Waals surface area (Å²) in [6, 6.07) is 0. The first-order valence-corrected chi connectivity index (χ1v) is 4.56. The molecule has 0 aromatic heterocycles. The minimum absolute atomic E-state index is 0.556. The molecule has 0 unspecified atom stereocenters. The minimum Gasteiger partial charge on any atom is -0.272 e. The summed E-state index contributed by atoms with van der Waals surface area (Å²) in [4.78, 5) is 16.7. The van der Waals surface area contributed by atoms with Gasteiger partial charge in [0, 0.05) is 23.3 Å². The van der Waals surface area contributed by atoms with Crippen molar-refractivity contribution in [3.8, 4) is 0 Å². The molecule has 0 aromatic rings. The van der Waals surface area contributed by atoms with Crippen molar-refractivity contribution in [2.45, 2.75) is 0 Å². The normalized spacial score (nSPS) is 24.1. The zero-order chi connectivity index (χ0) is 10.7. The van der Waals surface area contributed by atoms with Crippen LogP contribution in [-0.2, 0) is 4.84 Å². The van der Waals surface area contributed by atoms with Crippen LogP contribution >= 0.6 is 0 Å². The number of allylic oxidation sites excluding steroid dienone is 6. The molecule has 0 N–H and O–H groups in total. The van der Waals surface area contributed by atoms with Crippen LogP contribution in [0.1, 0.15) is 0 Å². The molecule has 0 saturated heterocycles. The van der Waals surface area contributed by atoms with Crippen LogP contribution in [-0.4, -0.2) is 16.9 Å². The molecule has 0 radical (unpaired) electrons. The molecular formula is C11H11N2O2+. The highest BCUT2D eigenvalue weighted by molar-refractivity contribution is 5.34. The quantitative estimate of drug-likeness (QED) is 0.611. The van der Waals surface area contributed by atoms with E-state index in [1.165, 1.54) is 6.20 Å². The zero-order valence-corrected chi connectivity index (χ0v) is 8.33. The Morgan fingerprint density at radius 2 is 2.00 bits per heavy atom. The monoisotopic (exact) mass is 203 g/mol. The second kappa shape index (κ2) is 4.06. The van der Waals surface area contributed by atoms with Crippen LogP contribution in [0, 0.1) is 4.91 Å². The van der Waals surface area contributed by atoms with Gasteiger partial charge in [-0.15, -0.1) is 0 Å². The van der Waals surface area contributed by atoms with E-state index in [1.807, 2.05) is 24.3 Å². The Kier molecular flexibility index (Phi) is 2.60. The lowest BCUT2D eigenvalue weighted by atomic mass is 10.2. The lowest BCUT2D eigenvalue weighted by Gasteiger charge is -2.19. The Labute approximate surface area is 87.7 Å². The SMILES string of the molecule is CON1C=CC=CC1=C1C=CC=C[N+]1=O. The van der Waals surface area contributed by atoms with Crippen molar-refractivity contribution in [3.63, 3.8) is 0 Å². The molecule has 0 fully saturated rings. The maximum Gasteiger partial charge on any atom is 0.288 e. The largest absolute Gasteiger partial charge is 0.288 e. The Balaban J connectivity index is 2.43. The molecule has 76 valence electrons. The molecule has 0 aromatic carbocycles. The highest BCUT2D eigenvalue weighted by atomic mass is 16.7. The van der Waals surface area contributed by atoms with E-state index in [-0.39, 0.29) is 0 Å². The van der Waals surface area contributed by atoms with Gasteiger partial charge in [0.25, 0.3) is 5.70 Å². The first kappa shape index (κ1) is 9.61. The van der Waals surface area contributed by atoms with Gasteiger partial charge < -0.3 is 0 Å². The molecule has 0 bridgehead atoms. The summed E-state index contributed by atoms with van der Waals surface area (Å²) in [5, 5.41) is 1.55. The molecule has 0 spiro atoms. The van der Waals surface area contributed by atoms with Gasteiger partial charge in [-0.05, 0) is 18.2 Å². The maximum atomic E-state index is 11.5. The Morgan fingerprint density at radius 1 is 1.20 bits per heavy atom. The molecule has 2 aliphatic rings. The standard InChI is InChI=1S/C11H11N2O2/c1-15-13-9-5-3-7-11(13)10-6-2-4-8-12(10)14/h2-9H,1H3/q+1. The molecule has 4 heteroatoms. The third-order valence-electron chi connectivity index (χ3n) is 2.11. The molecular weight excluding hydrogens is 192 g/mol. The Bertz CT molecular complexity index is 428. The van der Waals surface area contributed by atoms with Gasteiger partial charge in [-0.25, -0.2) is 5.06 Å². The van der Waals surface area contributed by atoms with Crippen LogP contribution in [0.4, 0.5) is 0 Å². The Morgan fingerprint density at radius 3 is 2.73 bits per heavy atom. The number of nitrogens with zero attached hydrogens (tertiary/aromatic N) is 2. The highest BCUT2D eigenvalue weighted by Crippen LogP contribution is 2.20. The van der Waals surface area contributed by atoms with Gasteiger partial charge in [0.2, 0.25) is 6.20 Å². The summed E-state index contributed by atoms with van der Waals surface area (Å²) in [7, 11) is 1.56. The van der Waals surface area contributed by atoms with E-state index in [4.69, 9.17) is 4.84 Å². The molecule has 0 amide bonds. The molecule has 2 rings (SSSR count). The molecule has 0 saturated carbocycles. The van der Waals surface area contributed by atoms with Gasteiger partial charge >= 0.3 is 0 Å². The van der Waals surface area contributed by atoms with E-state index in [1.54, 1.807) is 30.5 Å². The summed E-state index contributed by atoms with van der Waals surface area (Å²) >= 11 is 0. The van der Waals surface area contributed by atoms with Crippen molar-refractivity contribution in [1.29, 1.82) is 0 Å². The van der Waals surface area contributed by atoms with Gasteiger partial charge in [-0.3, -0.25) is 4.84 Å². The molecule has 2 heterocycles. The Hall–Kier alpha value is -1.94. The summed E-state index contributed by atoms with van der Waals surface area (Å²) in [5.74, 6) is 0. The second-order valence-electron chi connectivity index (χ2n) is 3.01. The number of hydroxylamine groups is 2. The van der Waals surface area contributed by atoms with Crippen molar-refractivity contribution >= 4 is 0 Å². The van der Waals surface area contributed by atoms with Crippen molar-refractivity contribution in [1.82, 2.24) is 5.06 Å². The van der Waals surface area contributed by atoms with Gasteiger partial charge in [0.15, 0.2) is 0 Å². The summed E-state index contributed by atoms with van der Waals surface area (Å²) in [6.45, 7) is 0. The molecule has 4 nitrogen and oxygen atoms in total. The third kappa shape index (κ3) is 1.80. The number of hydrogen-bond donors (Lipinski definition) is 0. The molecule has 15 heavy (non-hydrogen) atoms. The van der Waals surface area contributed by atoms with Crippen LogP contribution in [0.2, 0.25) is 0 Å². The average molecular weight is 203 g/mol. The lowest BCUT2D eigenvalue weighted by molar-refractivity contribution is -0.422. The third-order valence-corrected chi connectivity index (χ3v) is 2.11. The molecule has 0 atom stereocenters. The van der Waals surface area contributed by atoms with Crippen LogP contribution in [0.5, 0.6) is 0 Å². The fourth-order valence-electron chi connectivity index (χ4n) is 1.41. The first-order chi connectivity index (χ1) is 7.33. The van der Waals surface area contributed by atoms with E-state index >= 15 is 0 Å². The van der Waals surface area contributed by atoms with E-state index in [0.717, 1.165) is 10.5 Å². The second-order valence-corrected chi connectivity index (χ2v) is 3.01. The van der Waals surface area contributed by atoms with Crippen molar-refractivity contribution in [2.24, 2.45) is 0 Å². The number of nitroso groups, excluding NO2 is 1. The topological polar surface area (TPSA) is 32.5 Å². The van der Waals surface area contributed by atoms with E-state index in [0.29, 0.717) is 5.70 Å². The lowest BCUT2D eigenvalue weighted by Crippen LogP contribution is -2.19. The van der Waals surface area contributed by atoms with E-state index in [2.05, 4.69) is 0 Å². The summed E-state index contributed by atoms with van der Waals surface area (Å²) in [6.07, 6.45) is 14.0. The average Bonchev–Trinajstić information content (AvgIpc) is 2.30. The smallest absolute Gasteiger partial charge is 0.272 e. The van der Waals surface area contributed by atoms with Gasteiger partial charge in [0.1, 0.15) is 5.70 Å². The van der Waals surface area contributed by atoms with Gasteiger partial charge in [0.05, 0.1) is 11.9 Å². The fourth-order valence-corrected chi connectivity index (χ4v) is 1.41. The van der Waals surface area contributed by atoms with Crippen LogP contribution in [0.25, 0.3) is 0 Å². The van der Waals surface area contributed by atoms with Crippen LogP contribution < -0.4 is 0 Å². The zero-order valence-electron chi connectivity index (χ0n) is 8.33. The number of hydrogen-bond acceptors (Lipinski definition) is 3. The summed E-state index contributed by atoms with van der Waals surface area (Å²) in [5.41, 5.74) is 1.27. The predicted octanol–water partition coefficient (Wildman–Crippen LogP) is 2.01. The minimum atomic E-state index is 0.556. The van der Waals surface area contributed by atoms with E-state index < -0.39 is 0 Å². The van der Waals surface area contributed by atoms with Crippen molar-refractivity contribution in [3.05, 3.63) is 65.2 Å². The van der Waals surface area contributed by atoms with Crippen molar-refractivity contribution < 1.29 is 9.60 Å². The van der Waals surface area contributed by atoms with Gasteiger partial charge in [-0.2, -0.15) is 0 Å². The van der Waals surface area contributed by atoms with Crippen LogP contribution in [0.3, 0.4) is 0 Å².